The molecular weight excluding hydrogens is 541 g/mol. The molecule has 36 heavy (non-hydrogen) atoms. The number of benzene rings is 2. The van der Waals surface area contributed by atoms with E-state index < -0.39 is 41.2 Å². The molecule has 190 valence electrons. The lowest BCUT2D eigenvalue weighted by Gasteiger charge is -2.35. The number of nitrogens with one attached hydrogen (secondary N) is 4. The molecule has 0 bridgehead atoms. The van der Waals surface area contributed by atoms with Gasteiger partial charge in [-0.1, -0.05) is 47.0 Å². The van der Waals surface area contributed by atoms with Crippen LogP contribution in [0.1, 0.15) is 52.0 Å². The highest BCUT2D eigenvalue weighted by Crippen LogP contribution is 2.40. The number of halogens is 4. The van der Waals surface area contributed by atoms with Crippen LogP contribution in [0.25, 0.3) is 10.9 Å². The van der Waals surface area contributed by atoms with Gasteiger partial charge in [0.25, 0.3) is 11.8 Å². The van der Waals surface area contributed by atoms with E-state index >= 15 is 0 Å². The van der Waals surface area contributed by atoms with Crippen molar-refractivity contribution in [2.75, 3.05) is 12.4 Å². The first kappa shape index (κ1) is 25.7. The van der Waals surface area contributed by atoms with Gasteiger partial charge in [0, 0.05) is 40.6 Å². The number of carbonyl (C=O) groups is 2. The van der Waals surface area contributed by atoms with Crippen molar-refractivity contribution in [2.45, 2.75) is 43.9 Å². The second-order valence-electron chi connectivity index (χ2n) is 8.66. The van der Waals surface area contributed by atoms with Crippen LogP contribution in [-0.2, 0) is 6.18 Å². The van der Waals surface area contributed by atoms with E-state index in [0.717, 1.165) is 18.9 Å². The Morgan fingerprint density at radius 1 is 1.00 bits per heavy atom. The number of fused-ring (bicyclic) bond motifs is 1. The Morgan fingerprint density at radius 2 is 1.69 bits per heavy atom. The zero-order valence-corrected chi connectivity index (χ0v) is 20.8. The second kappa shape index (κ2) is 10.3. The SMILES string of the molecule is CNC(=O)c1cc(Br)cc(C(F)(F)F)c1N[C@@H]1CCCC[C@@H]1NC(=O)c1cc(=O)[nH]c2ccccc12. The molecule has 2 atom stereocenters. The van der Waals surface area contributed by atoms with Gasteiger partial charge in [-0.3, -0.25) is 14.4 Å². The molecule has 0 saturated heterocycles. The average Bonchev–Trinajstić information content (AvgIpc) is 2.84. The lowest BCUT2D eigenvalue weighted by Crippen LogP contribution is -2.49. The third-order valence-electron chi connectivity index (χ3n) is 6.29. The standard InChI is InChI=1S/C25H24BrF3N4O3/c1-30-23(35)16-10-13(26)11-17(25(27,28)29)22(16)32-19-8-4-5-9-20(19)33-24(36)15-12-21(34)31-18-7-3-2-6-14(15)18/h2-3,6-7,10-12,19-20,32H,4-5,8-9H2,1H3,(H,30,35)(H,31,34)(H,33,36)/t19-,20+/m1/s1. The molecule has 3 aromatic rings. The van der Waals surface area contributed by atoms with E-state index in [0.29, 0.717) is 23.7 Å². The van der Waals surface area contributed by atoms with Gasteiger partial charge in [0.1, 0.15) is 0 Å². The summed E-state index contributed by atoms with van der Waals surface area (Å²) >= 11 is 3.07. The van der Waals surface area contributed by atoms with Crippen molar-refractivity contribution < 1.29 is 22.8 Å². The molecule has 1 aromatic heterocycles. The van der Waals surface area contributed by atoms with Crippen LogP contribution in [0.3, 0.4) is 0 Å². The molecule has 2 amide bonds. The van der Waals surface area contributed by atoms with Crippen LogP contribution in [0.2, 0.25) is 0 Å². The molecule has 7 nitrogen and oxygen atoms in total. The van der Waals surface area contributed by atoms with Gasteiger partial charge >= 0.3 is 6.18 Å². The number of hydrogen-bond acceptors (Lipinski definition) is 4. The molecule has 1 aliphatic carbocycles. The van der Waals surface area contributed by atoms with Gasteiger partial charge in [0.05, 0.1) is 22.4 Å². The minimum atomic E-state index is -4.72. The van der Waals surface area contributed by atoms with Crippen LogP contribution in [0, 0.1) is 0 Å². The van der Waals surface area contributed by atoms with Crippen LogP contribution in [0.5, 0.6) is 0 Å². The molecule has 4 rings (SSSR count). The summed E-state index contributed by atoms with van der Waals surface area (Å²) in [4.78, 5) is 40.5. The third-order valence-corrected chi connectivity index (χ3v) is 6.75. The van der Waals surface area contributed by atoms with Gasteiger partial charge in [-0.2, -0.15) is 13.2 Å². The van der Waals surface area contributed by atoms with Crippen molar-refractivity contribution in [3.8, 4) is 0 Å². The largest absolute Gasteiger partial charge is 0.418 e. The van der Waals surface area contributed by atoms with Crippen molar-refractivity contribution in [1.29, 1.82) is 0 Å². The predicted molar refractivity (Wildman–Crippen MR) is 134 cm³/mol. The van der Waals surface area contributed by atoms with Gasteiger partial charge < -0.3 is 20.9 Å². The highest BCUT2D eigenvalue weighted by molar-refractivity contribution is 9.10. The third kappa shape index (κ3) is 5.40. The fraction of sp³-hybridized carbons (Fsp3) is 0.320. The van der Waals surface area contributed by atoms with Crippen molar-refractivity contribution >= 4 is 44.3 Å². The van der Waals surface area contributed by atoms with Gasteiger partial charge in [-0.05, 0) is 31.0 Å². The maximum absolute atomic E-state index is 13.9. The van der Waals surface area contributed by atoms with E-state index in [4.69, 9.17) is 0 Å². The summed E-state index contributed by atoms with van der Waals surface area (Å²) in [5.74, 6) is -1.16. The van der Waals surface area contributed by atoms with Crippen molar-refractivity contribution in [1.82, 2.24) is 15.6 Å². The minimum Gasteiger partial charge on any atom is -0.379 e. The normalized spacial score (nSPS) is 18.0. The van der Waals surface area contributed by atoms with Crippen LogP contribution in [-0.4, -0.2) is 35.9 Å². The number of alkyl halides is 3. The summed E-state index contributed by atoms with van der Waals surface area (Å²) in [6.45, 7) is 0. The van der Waals surface area contributed by atoms with Crippen molar-refractivity contribution in [2.24, 2.45) is 0 Å². The lowest BCUT2D eigenvalue weighted by atomic mass is 9.89. The maximum atomic E-state index is 13.9. The van der Waals surface area contributed by atoms with Crippen LogP contribution in [0.4, 0.5) is 18.9 Å². The molecule has 0 unspecified atom stereocenters. The summed E-state index contributed by atoms with van der Waals surface area (Å²) in [5, 5.41) is 8.79. The number of aromatic amines is 1. The number of aromatic nitrogens is 1. The first-order chi connectivity index (χ1) is 17.1. The molecule has 1 heterocycles. The highest BCUT2D eigenvalue weighted by Gasteiger charge is 2.38. The molecule has 2 aromatic carbocycles. The molecule has 0 radical (unpaired) electrons. The molecule has 0 spiro atoms. The van der Waals surface area contributed by atoms with E-state index in [-0.39, 0.29) is 21.3 Å². The van der Waals surface area contributed by atoms with E-state index in [1.54, 1.807) is 24.3 Å². The van der Waals surface area contributed by atoms with E-state index in [1.165, 1.54) is 19.2 Å². The van der Waals surface area contributed by atoms with Crippen LogP contribution in [0.15, 0.2) is 51.7 Å². The molecular formula is C25H24BrF3N4O3. The number of amides is 2. The van der Waals surface area contributed by atoms with Crippen molar-refractivity contribution in [3.63, 3.8) is 0 Å². The molecule has 1 saturated carbocycles. The van der Waals surface area contributed by atoms with E-state index in [2.05, 4.69) is 36.9 Å². The number of anilines is 1. The summed E-state index contributed by atoms with van der Waals surface area (Å²) in [7, 11) is 1.34. The minimum absolute atomic E-state index is 0.119. The Labute approximate surface area is 213 Å². The highest BCUT2D eigenvalue weighted by atomic mass is 79.9. The van der Waals surface area contributed by atoms with Gasteiger partial charge in [-0.15, -0.1) is 0 Å². The maximum Gasteiger partial charge on any atom is 0.418 e. The Kier molecular flexibility index (Phi) is 7.39. The quantitative estimate of drug-likeness (QED) is 0.356. The lowest BCUT2D eigenvalue weighted by molar-refractivity contribution is -0.137. The van der Waals surface area contributed by atoms with Gasteiger partial charge in [-0.25, -0.2) is 0 Å². The number of H-pyrrole nitrogens is 1. The van der Waals surface area contributed by atoms with Crippen LogP contribution < -0.4 is 21.5 Å². The number of hydrogen-bond donors (Lipinski definition) is 4. The smallest absolute Gasteiger partial charge is 0.379 e. The number of para-hydroxylation sites is 1. The van der Waals surface area contributed by atoms with E-state index in [1.807, 2.05) is 0 Å². The second-order valence-corrected chi connectivity index (χ2v) is 9.58. The zero-order chi connectivity index (χ0) is 26.0. The summed E-state index contributed by atoms with van der Waals surface area (Å²) < 4.78 is 42.0. The monoisotopic (exact) mass is 564 g/mol. The first-order valence-electron chi connectivity index (χ1n) is 11.4. The van der Waals surface area contributed by atoms with Crippen LogP contribution >= 0.6 is 15.9 Å². The van der Waals surface area contributed by atoms with Gasteiger partial charge in [0.2, 0.25) is 5.56 Å². The molecule has 4 N–H and O–H groups in total. The molecule has 1 fully saturated rings. The van der Waals surface area contributed by atoms with E-state index in [9.17, 15) is 27.6 Å². The Morgan fingerprint density at radius 3 is 2.39 bits per heavy atom. The number of pyridine rings is 1. The average molecular weight is 565 g/mol. The zero-order valence-electron chi connectivity index (χ0n) is 19.3. The van der Waals surface area contributed by atoms with Gasteiger partial charge in [0.15, 0.2) is 0 Å². The number of carbonyl (C=O) groups excluding carboxylic acids is 2. The predicted octanol–water partition coefficient (Wildman–Crippen LogP) is 4.82. The van der Waals surface area contributed by atoms with Crippen molar-refractivity contribution in [3.05, 3.63) is 74.0 Å². The number of rotatable bonds is 5. The Balaban J connectivity index is 1.68. The summed E-state index contributed by atoms with van der Waals surface area (Å²) in [5.41, 5.74) is -1.21. The Hall–Kier alpha value is -3.34. The molecule has 11 heteroatoms. The first-order valence-corrected chi connectivity index (χ1v) is 12.2. The summed E-state index contributed by atoms with van der Waals surface area (Å²) in [6, 6.07) is 9.25. The fourth-order valence-corrected chi connectivity index (χ4v) is 5.06. The Bertz CT molecular complexity index is 1370. The fourth-order valence-electron chi connectivity index (χ4n) is 4.60. The topological polar surface area (TPSA) is 103 Å². The summed E-state index contributed by atoms with van der Waals surface area (Å²) in [6.07, 6.45) is -2.19. The molecule has 1 aliphatic rings. The molecule has 0 aliphatic heterocycles.